The summed E-state index contributed by atoms with van der Waals surface area (Å²) in [5.74, 6) is -0.369. The van der Waals surface area contributed by atoms with Crippen molar-refractivity contribution in [3.05, 3.63) is 11.6 Å². The average molecular weight is 155 g/mol. The summed E-state index contributed by atoms with van der Waals surface area (Å²) >= 11 is 0. The molecule has 0 spiro atoms. The quantitative estimate of drug-likeness (QED) is 0.634. The number of ether oxygens (including phenoxy) is 1. The molecule has 0 aromatic rings. The van der Waals surface area contributed by atoms with Crippen LogP contribution in [-0.4, -0.2) is 18.6 Å². The second kappa shape index (κ2) is 2.66. The number of allylic oxidation sites excluding steroid dienone is 1. The molecule has 0 saturated carbocycles. The van der Waals surface area contributed by atoms with Crippen LogP contribution in [0.4, 0.5) is 0 Å². The van der Waals surface area contributed by atoms with Gasteiger partial charge in [0, 0.05) is 12.7 Å². The minimum absolute atomic E-state index is 0.369. The maximum absolute atomic E-state index is 10.9. The average Bonchev–Trinajstić information content (AvgIpc) is 2.32. The zero-order chi connectivity index (χ0) is 8.48. The molecule has 3 heteroatoms. The molecule has 0 fully saturated rings. The van der Waals surface area contributed by atoms with Crippen molar-refractivity contribution in [2.75, 3.05) is 7.11 Å². The van der Waals surface area contributed by atoms with E-state index in [-0.39, 0.29) is 5.91 Å². The molecular weight excluding hydrogens is 142 g/mol. The predicted octanol–water partition coefficient (Wildman–Crippen LogP) is 0.597. The second-order valence-corrected chi connectivity index (χ2v) is 2.96. The van der Waals surface area contributed by atoms with Crippen LogP contribution in [0.3, 0.4) is 0 Å². The molecule has 0 bridgehead atoms. The molecule has 0 aromatic heterocycles. The molecule has 3 nitrogen and oxygen atoms in total. The Morgan fingerprint density at radius 1 is 1.82 bits per heavy atom. The van der Waals surface area contributed by atoms with Gasteiger partial charge in [-0.25, -0.2) is 0 Å². The first-order chi connectivity index (χ1) is 5.10. The lowest BCUT2D eigenvalue weighted by atomic mass is 9.98. The fourth-order valence-electron chi connectivity index (χ4n) is 1.42. The standard InChI is InChI=1S/C8H13NO2/c1-8(11-2)5-3-4-6(8)7(9)10/h4H,3,5H2,1-2H3,(H2,9,10). The fourth-order valence-corrected chi connectivity index (χ4v) is 1.42. The molecule has 62 valence electrons. The van der Waals surface area contributed by atoms with Crippen LogP contribution in [-0.2, 0) is 9.53 Å². The number of methoxy groups -OCH3 is 1. The van der Waals surface area contributed by atoms with Crippen LogP contribution < -0.4 is 5.73 Å². The zero-order valence-corrected chi connectivity index (χ0v) is 6.89. The van der Waals surface area contributed by atoms with Crippen LogP contribution in [0.1, 0.15) is 19.8 Å². The molecule has 0 aromatic carbocycles. The van der Waals surface area contributed by atoms with E-state index in [9.17, 15) is 4.79 Å². The highest BCUT2D eigenvalue weighted by atomic mass is 16.5. The molecule has 1 rings (SSSR count). The first kappa shape index (κ1) is 8.27. The number of hydrogen-bond donors (Lipinski definition) is 1. The number of nitrogens with two attached hydrogens (primary N) is 1. The molecule has 1 aliphatic rings. The zero-order valence-electron chi connectivity index (χ0n) is 6.89. The van der Waals surface area contributed by atoms with Crippen LogP contribution in [0.2, 0.25) is 0 Å². The van der Waals surface area contributed by atoms with E-state index in [0.29, 0.717) is 5.57 Å². The molecule has 1 amide bonds. The molecule has 0 aliphatic heterocycles. The van der Waals surface area contributed by atoms with Crippen LogP contribution in [0.5, 0.6) is 0 Å². The normalized spacial score (nSPS) is 30.2. The highest BCUT2D eigenvalue weighted by Crippen LogP contribution is 2.32. The van der Waals surface area contributed by atoms with E-state index in [1.54, 1.807) is 7.11 Å². The molecule has 2 N–H and O–H groups in total. The summed E-state index contributed by atoms with van der Waals surface area (Å²) < 4.78 is 5.20. The third kappa shape index (κ3) is 1.28. The minimum Gasteiger partial charge on any atom is -0.374 e. The van der Waals surface area contributed by atoms with Gasteiger partial charge in [0.15, 0.2) is 0 Å². The van der Waals surface area contributed by atoms with Crippen molar-refractivity contribution in [2.45, 2.75) is 25.4 Å². The molecular formula is C8H13NO2. The Kier molecular flexibility index (Phi) is 2.00. The number of rotatable bonds is 2. The summed E-state index contributed by atoms with van der Waals surface area (Å²) in [5.41, 5.74) is 5.33. The number of carbonyl (C=O) groups excluding carboxylic acids is 1. The molecule has 0 saturated heterocycles. The van der Waals surface area contributed by atoms with Gasteiger partial charge < -0.3 is 10.5 Å². The van der Waals surface area contributed by atoms with Crippen LogP contribution in [0.25, 0.3) is 0 Å². The van der Waals surface area contributed by atoms with Crippen molar-refractivity contribution in [1.29, 1.82) is 0 Å². The van der Waals surface area contributed by atoms with Crippen molar-refractivity contribution >= 4 is 5.91 Å². The van der Waals surface area contributed by atoms with Gasteiger partial charge in [-0.1, -0.05) is 6.08 Å². The number of primary amides is 1. The van der Waals surface area contributed by atoms with Crippen LogP contribution in [0, 0.1) is 0 Å². The lowest BCUT2D eigenvalue weighted by Crippen LogP contribution is -2.33. The predicted molar refractivity (Wildman–Crippen MR) is 41.9 cm³/mol. The summed E-state index contributed by atoms with van der Waals surface area (Å²) in [6.45, 7) is 1.89. The highest BCUT2D eigenvalue weighted by Gasteiger charge is 2.35. The van der Waals surface area contributed by atoms with Crippen LogP contribution >= 0.6 is 0 Å². The van der Waals surface area contributed by atoms with E-state index < -0.39 is 5.60 Å². The van der Waals surface area contributed by atoms with Gasteiger partial charge in [-0.15, -0.1) is 0 Å². The van der Waals surface area contributed by atoms with Gasteiger partial charge in [-0.05, 0) is 19.8 Å². The van der Waals surface area contributed by atoms with Gasteiger partial charge >= 0.3 is 0 Å². The van der Waals surface area contributed by atoms with Crippen LogP contribution in [0.15, 0.2) is 11.6 Å². The minimum atomic E-state index is -0.439. The van der Waals surface area contributed by atoms with Crippen molar-refractivity contribution in [3.8, 4) is 0 Å². The summed E-state index contributed by atoms with van der Waals surface area (Å²) in [7, 11) is 1.60. The van der Waals surface area contributed by atoms with E-state index in [0.717, 1.165) is 12.8 Å². The van der Waals surface area contributed by atoms with E-state index in [1.807, 2.05) is 13.0 Å². The maximum atomic E-state index is 10.9. The number of carbonyl (C=O) groups is 1. The molecule has 11 heavy (non-hydrogen) atoms. The van der Waals surface area contributed by atoms with E-state index in [1.165, 1.54) is 0 Å². The maximum Gasteiger partial charge on any atom is 0.247 e. The molecule has 0 radical (unpaired) electrons. The smallest absolute Gasteiger partial charge is 0.247 e. The van der Waals surface area contributed by atoms with Crippen molar-refractivity contribution in [2.24, 2.45) is 5.73 Å². The fraction of sp³-hybridized carbons (Fsp3) is 0.625. The van der Waals surface area contributed by atoms with Crippen molar-refractivity contribution in [1.82, 2.24) is 0 Å². The molecule has 0 heterocycles. The molecule has 1 aliphatic carbocycles. The summed E-state index contributed by atoms with van der Waals surface area (Å²) in [5, 5.41) is 0. The van der Waals surface area contributed by atoms with E-state index in [2.05, 4.69) is 0 Å². The highest BCUT2D eigenvalue weighted by molar-refractivity contribution is 5.94. The Bertz CT molecular complexity index is 210. The second-order valence-electron chi connectivity index (χ2n) is 2.96. The first-order valence-electron chi connectivity index (χ1n) is 3.66. The third-order valence-corrected chi connectivity index (χ3v) is 2.26. The Hall–Kier alpha value is -0.830. The first-order valence-corrected chi connectivity index (χ1v) is 3.66. The molecule has 1 unspecified atom stereocenters. The van der Waals surface area contributed by atoms with Gasteiger partial charge in [0.05, 0.1) is 5.60 Å². The van der Waals surface area contributed by atoms with E-state index >= 15 is 0 Å². The lowest BCUT2D eigenvalue weighted by Gasteiger charge is -2.24. The van der Waals surface area contributed by atoms with Gasteiger partial charge in [0.1, 0.15) is 0 Å². The third-order valence-electron chi connectivity index (χ3n) is 2.26. The van der Waals surface area contributed by atoms with Crippen molar-refractivity contribution < 1.29 is 9.53 Å². The van der Waals surface area contributed by atoms with E-state index in [4.69, 9.17) is 10.5 Å². The summed E-state index contributed by atoms with van der Waals surface area (Å²) in [6, 6.07) is 0. The summed E-state index contributed by atoms with van der Waals surface area (Å²) in [6.07, 6.45) is 3.58. The molecule has 1 atom stereocenters. The lowest BCUT2D eigenvalue weighted by molar-refractivity contribution is -0.116. The number of hydrogen-bond acceptors (Lipinski definition) is 2. The topological polar surface area (TPSA) is 52.3 Å². The Balaban J connectivity index is 2.86. The Morgan fingerprint density at radius 3 is 2.82 bits per heavy atom. The monoisotopic (exact) mass is 155 g/mol. The number of amides is 1. The largest absolute Gasteiger partial charge is 0.374 e. The van der Waals surface area contributed by atoms with Gasteiger partial charge in [-0.3, -0.25) is 4.79 Å². The SMILES string of the molecule is COC1(C)CCC=C1C(N)=O. The Morgan fingerprint density at radius 2 is 2.45 bits per heavy atom. The van der Waals surface area contributed by atoms with Gasteiger partial charge in [0.2, 0.25) is 5.91 Å². The van der Waals surface area contributed by atoms with Crippen molar-refractivity contribution in [3.63, 3.8) is 0 Å². The Labute approximate surface area is 66.2 Å². The van der Waals surface area contributed by atoms with Gasteiger partial charge in [-0.2, -0.15) is 0 Å². The van der Waals surface area contributed by atoms with Gasteiger partial charge in [0.25, 0.3) is 0 Å². The summed E-state index contributed by atoms with van der Waals surface area (Å²) in [4.78, 5) is 10.9.